The van der Waals surface area contributed by atoms with E-state index < -0.39 is 0 Å². The Kier molecular flexibility index (Phi) is 2.36. The molecule has 1 aliphatic rings. The molecule has 2 N–H and O–H groups in total. The van der Waals surface area contributed by atoms with Crippen LogP contribution in [0.15, 0.2) is 12.3 Å². The van der Waals surface area contributed by atoms with Gasteiger partial charge in [-0.05, 0) is 6.07 Å². The van der Waals surface area contributed by atoms with Crippen molar-refractivity contribution < 1.29 is 14.3 Å². The Bertz CT molecular complexity index is 332. The molecular formula is C8H11N3O3. The summed E-state index contributed by atoms with van der Waals surface area (Å²) in [7, 11) is 0. The van der Waals surface area contributed by atoms with E-state index in [4.69, 9.17) is 15.2 Å². The van der Waals surface area contributed by atoms with E-state index in [1.165, 1.54) is 4.68 Å². The fourth-order valence-electron chi connectivity index (χ4n) is 1.10. The first kappa shape index (κ1) is 9.01. The summed E-state index contributed by atoms with van der Waals surface area (Å²) in [5.74, 6) is 0.0752. The summed E-state index contributed by atoms with van der Waals surface area (Å²) >= 11 is 0. The number of ether oxygens (including phenoxy) is 2. The number of nitrogen functional groups attached to an aromatic ring is 1. The van der Waals surface area contributed by atoms with Crippen molar-refractivity contribution in [2.75, 3.05) is 18.9 Å². The van der Waals surface area contributed by atoms with Crippen LogP contribution in [0.3, 0.4) is 0 Å². The van der Waals surface area contributed by atoms with Crippen molar-refractivity contribution in [1.29, 1.82) is 0 Å². The van der Waals surface area contributed by atoms with Gasteiger partial charge < -0.3 is 15.2 Å². The quantitative estimate of drug-likeness (QED) is 0.655. The Morgan fingerprint density at radius 2 is 2.57 bits per heavy atom. The Hall–Kier alpha value is -1.56. The zero-order valence-corrected chi connectivity index (χ0v) is 7.55. The fourth-order valence-corrected chi connectivity index (χ4v) is 1.10. The maximum Gasteiger partial charge on any atom is 0.328 e. The summed E-state index contributed by atoms with van der Waals surface area (Å²) in [6.07, 6.45) is 1.55. The predicted octanol–water partition coefficient (Wildman–Crippen LogP) is -0.593. The number of hydrogen-bond donors (Lipinski definition) is 1. The number of carbonyl (C=O) groups is 1. The molecule has 1 saturated heterocycles. The van der Waals surface area contributed by atoms with Crippen LogP contribution in [0.4, 0.5) is 5.82 Å². The lowest BCUT2D eigenvalue weighted by Crippen LogP contribution is -2.38. The highest BCUT2D eigenvalue weighted by Crippen LogP contribution is 2.06. The zero-order valence-electron chi connectivity index (χ0n) is 7.55. The average molecular weight is 197 g/mol. The fraction of sp³-hybridized carbons (Fsp3) is 0.500. The normalized spacial score (nSPS) is 16.3. The highest BCUT2D eigenvalue weighted by Gasteiger charge is 2.22. The number of esters is 1. The van der Waals surface area contributed by atoms with E-state index in [1.807, 2.05) is 0 Å². The van der Waals surface area contributed by atoms with Gasteiger partial charge >= 0.3 is 5.97 Å². The molecule has 1 fully saturated rings. The van der Waals surface area contributed by atoms with Gasteiger partial charge in [-0.15, -0.1) is 0 Å². The molecule has 6 nitrogen and oxygen atoms in total. The van der Waals surface area contributed by atoms with Gasteiger partial charge in [-0.25, -0.2) is 0 Å². The Labute approximate surface area is 80.6 Å². The van der Waals surface area contributed by atoms with Crippen molar-refractivity contribution in [3.05, 3.63) is 12.3 Å². The van der Waals surface area contributed by atoms with E-state index in [2.05, 4.69) is 5.10 Å². The second kappa shape index (κ2) is 3.67. The molecule has 0 unspecified atom stereocenters. The van der Waals surface area contributed by atoms with Crippen LogP contribution < -0.4 is 5.73 Å². The largest absolute Gasteiger partial charge is 0.456 e. The summed E-state index contributed by atoms with van der Waals surface area (Å²) < 4.78 is 11.3. The van der Waals surface area contributed by atoms with Crippen LogP contribution in [0.25, 0.3) is 0 Å². The van der Waals surface area contributed by atoms with Gasteiger partial charge in [-0.1, -0.05) is 0 Å². The minimum Gasteiger partial charge on any atom is -0.456 e. The summed E-state index contributed by atoms with van der Waals surface area (Å²) in [4.78, 5) is 11.2. The van der Waals surface area contributed by atoms with Gasteiger partial charge in [-0.2, -0.15) is 5.10 Å². The van der Waals surface area contributed by atoms with Gasteiger partial charge in [0.25, 0.3) is 0 Å². The van der Waals surface area contributed by atoms with Gasteiger partial charge in [0.2, 0.25) is 0 Å². The molecule has 6 heteroatoms. The third-order valence-corrected chi connectivity index (χ3v) is 1.86. The third kappa shape index (κ3) is 2.02. The van der Waals surface area contributed by atoms with E-state index in [0.29, 0.717) is 19.0 Å². The molecule has 2 heterocycles. The van der Waals surface area contributed by atoms with Crippen molar-refractivity contribution in [2.24, 2.45) is 0 Å². The van der Waals surface area contributed by atoms with Crippen molar-refractivity contribution in [3.8, 4) is 0 Å². The average Bonchev–Trinajstić information content (AvgIpc) is 2.44. The summed E-state index contributed by atoms with van der Waals surface area (Å²) in [5, 5.41) is 3.86. The molecule has 0 atom stereocenters. The molecule has 0 spiro atoms. The third-order valence-electron chi connectivity index (χ3n) is 1.86. The maximum atomic E-state index is 11.2. The summed E-state index contributed by atoms with van der Waals surface area (Å²) in [5.41, 5.74) is 5.39. The number of anilines is 1. The first-order chi connectivity index (χ1) is 6.74. The molecule has 0 saturated carbocycles. The second-order valence-electron chi connectivity index (χ2n) is 3.09. The highest BCUT2D eigenvalue weighted by atomic mass is 16.6. The van der Waals surface area contributed by atoms with Gasteiger partial charge in [0.15, 0.2) is 0 Å². The summed E-state index contributed by atoms with van der Waals surface area (Å²) in [6, 6.07) is 1.62. The van der Waals surface area contributed by atoms with E-state index in [1.54, 1.807) is 12.3 Å². The molecule has 2 rings (SSSR count). The van der Waals surface area contributed by atoms with Crippen molar-refractivity contribution in [1.82, 2.24) is 9.78 Å². The van der Waals surface area contributed by atoms with Crippen LogP contribution in [0.1, 0.15) is 0 Å². The molecule has 1 aliphatic heterocycles. The topological polar surface area (TPSA) is 79.4 Å². The zero-order chi connectivity index (χ0) is 9.97. The lowest BCUT2D eigenvalue weighted by Gasteiger charge is -2.25. The smallest absolute Gasteiger partial charge is 0.328 e. The number of rotatable bonds is 3. The molecule has 0 radical (unpaired) electrons. The van der Waals surface area contributed by atoms with Crippen molar-refractivity contribution in [2.45, 2.75) is 12.6 Å². The maximum absolute atomic E-state index is 11.2. The van der Waals surface area contributed by atoms with Gasteiger partial charge in [0, 0.05) is 6.20 Å². The monoisotopic (exact) mass is 197 g/mol. The number of nitrogens with two attached hydrogens (primary N) is 1. The molecule has 14 heavy (non-hydrogen) atoms. The minimum atomic E-state index is -0.318. The lowest BCUT2D eigenvalue weighted by molar-refractivity contribution is -0.173. The Morgan fingerprint density at radius 1 is 1.79 bits per heavy atom. The van der Waals surface area contributed by atoms with Gasteiger partial charge in [0.05, 0.1) is 13.2 Å². The molecule has 76 valence electrons. The second-order valence-corrected chi connectivity index (χ2v) is 3.09. The minimum absolute atomic E-state index is 0.0876. The van der Waals surface area contributed by atoms with Crippen LogP contribution in [0.5, 0.6) is 0 Å². The molecule has 1 aromatic heterocycles. The van der Waals surface area contributed by atoms with E-state index in [0.717, 1.165) is 0 Å². The molecule has 0 aliphatic carbocycles. The van der Waals surface area contributed by atoms with Crippen LogP contribution in [0.2, 0.25) is 0 Å². The standard InChI is InChI=1S/C8H11N3O3/c9-7-1-2-11(10-7)3-8(12)14-6-4-13-5-6/h1-2,6H,3-5H2,(H2,9,10). The SMILES string of the molecule is Nc1ccn(CC(=O)OC2COC2)n1. The van der Waals surface area contributed by atoms with Crippen LogP contribution in [0, 0.1) is 0 Å². The number of nitrogens with zero attached hydrogens (tertiary/aromatic N) is 2. The first-order valence-electron chi connectivity index (χ1n) is 4.30. The first-order valence-corrected chi connectivity index (χ1v) is 4.30. The van der Waals surface area contributed by atoms with E-state index in [-0.39, 0.29) is 18.6 Å². The Morgan fingerprint density at radius 3 is 3.07 bits per heavy atom. The van der Waals surface area contributed by atoms with Gasteiger partial charge in [0.1, 0.15) is 18.5 Å². The predicted molar refractivity (Wildman–Crippen MR) is 47.3 cm³/mol. The van der Waals surface area contributed by atoms with Gasteiger partial charge in [-0.3, -0.25) is 9.48 Å². The lowest BCUT2D eigenvalue weighted by atomic mass is 10.3. The van der Waals surface area contributed by atoms with Crippen LogP contribution in [-0.4, -0.2) is 35.1 Å². The van der Waals surface area contributed by atoms with E-state index >= 15 is 0 Å². The molecule has 0 bridgehead atoms. The number of aromatic nitrogens is 2. The molecule has 0 aromatic carbocycles. The van der Waals surface area contributed by atoms with E-state index in [9.17, 15) is 4.79 Å². The van der Waals surface area contributed by atoms with Crippen molar-refractivity contribution >= 4 is 11.8 Å². The molecular weight excluding hydrogens is 186 g/mol. The number of carbonyl (C=O) groups excluding carboxylic acids is 1. The Balaban J connectivity index is 1.81. The molecule has 0 amide bonds. The highest BCUT2D eigenvalue weighted by molar-refractivity contribution is 5.69. The van der Waals surface area contributed by atoms with Crippen molar-refractivity contribution in [3.63, 3.8) is 0 Å². The van der Waals surface area contributed by atoms with Crippen LogP contribution in [-0.2, 0) is 20.8 Å². The number of hydrogen-bond acceptors (Lipinski definition) is 5. The summed E-state index contributed by atoms with van der Waals surface area (Å²) in [6.45, 7) is 1.08. The van der Waals surface area contributed by atoms with Crippen LogP contribution >= 0.6 is 0 Å². The molecule has 1 aromatic rings.